The number of rotatable bonds is 7. The minimum absolute atomic E-state index is 0.0153. The largest absolute Gasteiger partial charge is 0.323 e. The summed E-state index contributed by atoms with van der Waals surface area (Å²) < 4.78 is 15.4. The maximum absolute atomic E-state index is 13.6. The van der Waals surface area contributed by atoms with E-state index < -0.39 is 10.7 Å². The SMILES string of the molecule is CCn1c(SCC(=O)Nc2ccccc2F)nnc1-c1cccc([N+](=O)[O-])c1. The minimum Gasteiger partial charge on any atom is -0.323 e. The first-order valence-electron chi connectivity index (χ1n) is 8.34. The Labute approximate surface area is 163 Å². The number of amides is 1. The lowest BCUT2D eigenvalue weighted by Gasteiger charge is -2.08. The van der Waals surface area contributed by atoms with Crippen LogP contribution in [-0.4, -0.2) is 31.3 Å². The van der Waals surface area contributed by atoms with Crippen molar-refractivity contribution in [1.29, 1.82) is 0 Å². The van der Waals surface area contributed by atoms with E-state index in [4.69, 9.17) is 0 Å². The number of para-hydroxylation sites is 1. The van der Waals surface area contributed by atoms with E-state index in [1.54, 1.807) is 28.8 Å². The highest BCUT2D eigenvalue weighted by Gasteiger charge is 2.17. The van der Waals surface area contributed by atoms with Gasteiger partial charge in [0.1, 0.15) is 5.82 Å². The third-order valence-corrected chi connectivity index (χ3v) is 4.80. The second-order valence-corrected chi connectivity index (χ2v) is 6.62. The Morgan fingerprint density at radius 1 is 1.25 bits per heavy atom. The van der Waals surface area contributed by atoms with Gasteiger partial charge in [-0.15, -0.1) is 10.2 Å². The van der Waals surface area contributed by atoms with Gasteiger partial charge in [0.15, 0.2) is 11.0 Å². The molecular weight excluding hydrogens is 385 g/mol. The minimum atomic E-state index is -0.509. The van der Waals surface area contributed by atoms with Gasteiger partial charge < -0.3 is 9.88 Å². The fourth-order valence-corrected chi connectivity index (χ4v) is 3.33. The number of halogens is 1. The molecule has 0 radical (unpaired) electrons. The highest BCUT2D eigenvalue weighted by Crippen LogP contribution is 2.26. The van der Waals surface area contributed by atoms with Gasteiger partial charge in [-0.3, -0.25) is 14.9 Å². The molecule has 0 saturated heterocycles. The van der Waals surface area contributed by atoms with E-state index in [0.717, 1.165) is 11.8 Å². The molecule has 1 N–H and O–H groups in total. The number of carbonyl (C=O) groups excluding carboxylic acids is 1. The zero-order valence-corrected chi connectivity index (χ0v) is 15.6. The molecule has 1 heterocycles. The van der Waals surface area contributed by atoms with E-state index in [9.17, 15) is 19.3 Å². The Kier molecular flexibility index (Phi) is 5.99. The topological polar surface area (TPSA) is 103 Å². The van der Waals surface area contributed by atoms with Crippen molar-refractivity contribution in [3.63, 3.8) is 0 Å². The summed E-state index contributed by atoms with van der Waals surface area (Å²) in [5.74, 6) is -0.395. The van der Waals surface area contributed by atoms with Gasteiger partial charge in [-0.05, 0) is 19.1 Å². The van der Waals surface area contributed by atoms with Crippen molar-refractivity contribution in [2.45, 2.75) is 18.6 Å². The number of benzene rings is 2. The van der Waals surface area contributed by atoms with Crippen molar-refractivity contribution in [2.75, 3.05) is 11.1 Å². The summed E-state index contributed by atoms with van der Waals surface area (Å²) in [6.45, 7) is 2.40. The summed E-state index contributed by atoms with van der Waals surface area (Å²) in [6, 6.07) is 12.0. The lowest BCUT2D eigenvalue weighted by atomic mass is 10.2. The number of carbonyl (C=O) groups is 1. The smallest absolute Gasteiger partial charge is 0.270 e. The number of hydrogen-bond acceptors (Lipinski definition) is 6. The molecule has 3 aromatic rings. The van der Waals surface area contributed by atoms with Gasteiger partial charge in [0, 0.05) is 24.2 Å². The number of hydrogen-bond donors (Lipinski definition) is 1. The molecule has 0 aliphatic rings. The molecule has 0 bridgehead atoms. The second kappa shape index (κ2) is 8.61. The Morgan fingerprint density at radius 3 is 2.75 bits per heavy atom. The van der Waals surface area contributed by atoms with Crippen molar-refractivity contribution >= 4 is 29.0 Å². The van der Waals surface area contributed by atoms with Gasteiger partial charge in [-0.2, -0.15) is 0 Å². The number of nitro groups is 1. The van der Waals surface area contributed by atoms with Crippen molar-refractivity contribution in [3.8, 4) is 11.4 Å². The van der Waals surface area contributed by atoms with Crippen molar-refractivity contribution < 1.29 is 14.1 Å². The van der Waals surface area contributed by atoms with E-state index in [2.05, 4.69) is 15.5 Å². The molecule has 1 aromatic heterocycles. The summed E-state index contributed by atoms with van der Waals surface area (Å²) in [7, 11) is 0. The average Bonchev–Trinajstić information content (AvgIpc) is 3.11. The van der Waals surface area contributed by atoms with Crippen LogP contribution in [0.3, 0.4) is 0 Å². The first-order chi connectivity index (χ1) is 13.5. The maximum Gasteiger partial charge on any atom is 0.270 e. The number of aromatic nitrogens is 3. The number of thioether (sulfide) groups is 1. The van der Waals surface area contributed by atoms with Crippen molar-refractivity contribution in [2.24, 2.45) is 0 Å². The molecule has 2 aromatic carbocycles. The first kappa shape index (κ1) is 19.5. The Morgan fingerprint density at radius 2 is 2.04 bits per heavy atom. The number of nitro benzene ring substituents is 1. The van der Waals surface area contributed by atoms with Crippen LogP contribution in [0.5, 0.6) is 0 Å². The molecule has 0 aliphatic carbocycles. The van der Waals surface area contributed by atoms with E-state index in [1.807, 2.05) is 6.92 Å². The molecule has 3 rings (SSSR count). The standard InChI is InChI=1S/C18H16FN5O3S/c1-2-23-17(12-6-5-7-13(10-12)24(26)27)21-22-18(23)28-11-16(25)20-15-9-4-3-8-14(15)19/h3-10H,2,11H2,1H3,(H,20,25). The summed E-state index contributed by atoms with van der Waals surface area (Å²) in [4.78, 5) is 22.6. The van der Waals surface area contributed by atoms with Crippen LogP contribution in [0, 0.1) is 15.9 Å². The monoisotopic (exact) mass is 401 g/mol. The molecule has 28 heavy (non-hydrogen) atoms. The number of non-ortho nitro benzene ring substituents is 1. The maximum atomic E-state index is 13.6. The van der Waals surface area contributed by atoms with E-state index in [-0.39, 0.29) is 23.0 Å². The van der Waals surface area contributed by atoms with Crippen LogP contribution >= 0.6 is 11.8 Å². The van der Waals surface area contributed by atoms with Gasteiger partial charge >= 0.3 is 0 Å². The first-order valence-corrected chi connectivity index (χ1v) is 9.33. The fourth-order valence-electron chi connectivity index (χ4n) is 2.53. The van der Waals surface area contributed by atoms with E-state index in [1.165, 1.54) is 24.3 Å². The molecule has 0 saturated carbocycles. The zero-order chi connectivity index (χ0) is 20.1. The molecule has 1 amide bonds. The lowest BCUT2D eigenvalue weighted by Crippen LogP contribution is -2.15. The fraction of sp³-hybridized carbons (Fsp3) is 0.167. The molecule has 0 aliphatic heterocycles. The Hall–Kier alpha value is -3.27. The second-order valence-electron chi connectivity index (χ2n) is 5.67. The van der Waals surface area contributed by atoms with Gasteiger partial charge in [-0.25, -0.2) is 4.39 Å². The van der Waals surface area contributed by atoms with Crippen LogP contribution in [0.15, 0.2) is 53.7 Å². The number of nitrogens with one attached hydrogen (secondary N) is 1. The predicted molar refractivity (Wildman–Crippen MR) is 104 cm³/mol. The average molecular weight is 401 g/mol. The Balaban J connectivity index is 1.74. The van der Waals surface area contributed by atoms with Crippen LogP contribution in [0.2, 0.25) is 0 Å². The van der Waals surface area contributed by atoms with Crippen LogP contribution in [0.25, 0.3) is 11.4 Å². The predicted octanol–water partition coefficient (Wildman–Crippen LogP) is 3.74. The van der Waals surface area contributed by atoms with Crippen LogP contribution < -0.4 is 5.32 Å². The van der Waals surface area contributed by atoms with Crippen molar-refractivity contribution in [1.82, 2.24) is 14.8 Å². The van der Waals surface area contributed by atoms with E-state index in [0.29, 0.717) is 23.1 Å². The Bertz CT molecular complexity index is 1020. The van der Waals surface area contributed by atoms with Gasteiger partial charge in [0.25, 0.3) is 5.69 Å². The number of nitrogens with zero attached hydrogens (tertiary/aromatic N) is 4. The summed E-state index contributed by atoms with van der Waals surface area (Å²) in [5.41, 5.74) is 0.634. The quantitative estimate of drug-likeness (QED) is 0.367. The number of anilines is 1. The highest BCUT2D eigenvalue weighted by atomic mass is 32.2. The van der Waals surface area contributed by atoms with Crippen LogP contribution in [-0.2, 0) is 11.3 Å². The normalized spacial score (nSPS) is 10.6. The molecule has 8 nitrogen and oxygen atoms in total. The lowest BCUT2D eigenvalue weighted by molar-refractivity contribution is -0.384. The van der Waals surface area contributed by atoms with Gasteiger partial charge in [-0.1, -0.05) is 36.0 Å². The molecule has 0 unspecified atom stereocenters. The van der Waals surface area contributed by atoms with Crippen molar-refractivity contribution in [3.05, 3.63) is 64.5 Å². The van der Waals surface area contributed by atoms with Gasteiger partial charge in [0.2, 0.25) is 5.91 Å². The summed E-state index contributed by atoms with van der Waals surface area (Å²) in [6.07, 6.45) is 0. The molecule has 0 fully saturated rings. The third kappa shape index (κ3) is 4.34. The van der Waals surface area contributed by atoms with E-state index >= 15 is 0 Å². The van der Waals surface area contributed by atoms with Crippen LogP contribution in [0.1, 0.15) is 6.92 Å². The summed E-state index contributed by atoms with van der Waals surface area (Å²) >= 11 is 1.15. The van der Waals surface area contributed by atoms with Crippen LogP contribution in [0.4, 0.5) is 15.8 Å². The third-order valence-electron chi connectivity index (χ3n) is 3.83. The molecule has 0 spiro atoms. The summed E-state index contributed by atoms with van der Waals surface area (Å²) in [5, 5.41) is 22.2. The molecule has 144 valence electrons. The highest BCUT2D eigenvalue weighted by molar-refractivity contribution is 7.99. The molecular formula is C18H16FN5O3S. The van der Waals surface area contributed by atoms with Gasteiger partial charge in [0.05, 0.1) is 16.4 Å². The molecule has 10 heteroatoms. The zero-order valence-electron chi connectivity index (χ0n) is 14.8. The molecule has 0 atom stereocenters.